The van der Waals surface area contributed by atoms with E-state index in [-0.39, 0.29) is 11.8 Å². The van der Waals surface area contributed by atoms with E-state index in [1.54, 1.807) is 0 Å². The summed E-state index contributed by atoms with van der Waals surface area (Å²) in [6, 6.07) is 0. The van der Waals surface area contributed by atoms with Gasteiger partial charge in [-0.15, -0.1) is 20.2 Å². The van der Waals surface area contributed by atoms with Crippen molar-refractivity contribution < 1.29 is 19.8 Å². The molecule has 2 fully saturated rings. The Morgan fingerprint density at radius 2 is 1.19 bits per heavy atom. The maximum Gasteiger partial charge on any atom is 0.294 e. The molecule has 2 rings (SSSR count). The van der Waals surface area contributed by atoms with E-state index in [9.17, 15) is 20.2 Å². The van der Waals surface area contributed by atoms with Crippen LogP contribution in [0.2, 0.25) is 0 Å². The highest BCUT2D eigenvalue weighted by Crippen LogP contribution is 2.46. The Morgan fingerprint density at radius 3 is 1.50 bits per heavy atom. The van der Waals surface area contributed by atoms with Crippen molar-refractivity contribution in [2.24, 2.45) is 11.8 Å². The van der Waals surface area contributed by atoms with Crippen molar-refractivity contribution in [3.8, 4) is 0 Å². The average molecular weight is 232 g/mol. The first-order valence-electron chi connectivity index (χ1n) is 5.20. The first kappa shape index (κ1) is 10.9. The van der Waals surface area contributed by atoms with Crippen LogP contribution in [0.3, 0.4) is 0 Å². The van der Waals surface area contributed by atoms with Gasteiger partial charge in [0.15, 0.2) is 0 Å². The van der Waals surface area contributed by atoms with Gasteiger partial charge in [-0.1, -0.05) is 0 Å². The van der Waals surface area contributed by atoms with Gasteiger partial charge in [0.05, 0.1) is 0 Å². The van der Waals surface area contributed by atoms with Crippen molar-refractivity contribution in [2.45, 2.75) is 37.9 Å². The maximum absolute atomic E-state index is 10.2. The summed E-state index contributed by atoms with van der Waals surface area (Å²) in [5.41, 5.74) is 0. The number of hydrogen-bond donors (Lipinski definition) is 0. The minimum Gasteiger partial charge on any atom is -0.310 e. The van der Waals surface area contributed by atoms with E-state index in [1.165, 1.54) is 0 Å². The van der Waals surface area contributed by atoms with Crippen LogP contribution in [0.1, 0.15) is 25.7 Å². The van der Waals surface area contributed by atoms with Crippen molar-refractivity contribution in [1.82, 2.24) is 0 Å². The number of hydrogen-bond acceptors (Lipinski definition) is 6. The van der Waals surface area contributed by atoms with Crippen molar-refractivity contribution in [3.05, 3.63) is 20.2 Å². The molecule has 0 aromatic heterocycles. The summed E-state index contributed by atoms with van der Waals surface area (Å²) in [5, 5.41) is 18.9. The minimum atomic E-state index is -0.783. The molecular formula is C8H12N2O6. The molecule has 2 saturated carbocycles. The second-order valence-corrected chi connectivity index (χ2v) is 4.22. The molecule has 0 amide bonds. The minimum absolute atomic E-state index is 0.0235. The summed E-state index contributed by atoms with van der Waals surface area (Å²) in [4.78, 5) is 29.6. The zero-order valence-electron chi connectivity index (χ0n) is 8.48. The molecule has 8 heteroatoms. The lowest BCUT2D eigenvalue weighted by atomic mass is 9.98. The van der Waals surface area contributed by atoms with Crippen molar-refractivity contribution >= 4 is 0 Å². The third kappa shape index (κ3) is 2.00. The Morgan fingerprint density at radius 1 is 0.812 bits per heavy atom. The summed E-state index contributed by atoms with van der Waals surface area (Å²) in [7, 11) is 0. The van der Waals surface area contributed by atoms with Crippen molar-refractivity contribution in [3.63, 3.8) is 0 Å². The van der Waals surface area contributed by atoms with Gasteiger partial charge < -0.3 is 9.68 Å². The van der Waals surface area contributed by atoms with Crippen LogP contribution in [0.5, 0.6) is 0 Å². The molecule has 2 aliphatic rings. The largest absolute Gasteiger partial charge is 0.310 e. The predicted molar refractivity (Wildman–Crippen MR) is 49.2 cm³/mol. The third-order valence-electron chi connectivity index (χ3n) is 3.52. The Labute approximate surface area is 90.7 Å². The first-order valence-corrected chi connectivity index (χ1v) is 5.20. The molecule has 8 nitrogen and oxygen atoms in total. The van der Waals surface area contributed by atoms with Gasteiger partial charge in [-0.2, -0.15) is 0 Å². The molecule has 90 valence electrons. The fraction of sp³-hybridized carbons (Fsp3) is 1.00. The van der Waals surface area contributed by atoms with Crippen LogP contribution in [-0.4, -0.2) is 22.4 Å². The van der Waals surface area contributed by atoms with E-state index < -0.39 is 22.4 Å². The zero-order chi connectivity index (χ0) is 11.7. The quantitative estimate of drug-likeness (QED) is 0.528. The topological polar surface area (TPSA) is 105 Å². The van der Waals surface area contributed by atoms with Crippen molar-refractivity contribution in [1.29, 1.82) is 0 Å². The van der Waals surface area contributed by atoms with E-state index in [0.717, 1.165) is 0 Å². The van der Waals surface area contributed by atoms with Gasteiger partial charge >= 0.3 is 0 Å². The lowest BCUT2D eigenvalue weighted by molar-refractivity contribution is -0.772. The van der Waals surface area contributed by atoms with Crippen molar-refractivity contribution in [2.75, 3.05) is 0 Å². The number of nitrogens with zero attached hydrogens (tertiary/aromatic N) is 2. The molecule has 0 N–H and O–H groups in total. The molecule has 0 radical (unpaired) electrons. The number of fused-ring (bicyclic) bond motifs is 1. The van der Waals surface area contributed by atoms with E-state index in [4.69, 9.17) is 0 Å². The Kier molecular flexibility index (Phi) is 2.80. The van der Waals surface area contributed by atoms with Gasteiger partial charge in [0.1, 0.15) is 12.2 Å². The molecule has 0 spiro atoms. The molecule has 4 atom stereocenters. The Bertz CT molecular complexity index is 279. The van der Waals surface area contributed by atoms with Crippen LogP contribution < -0.4 is 0 Å². The smallest absolute Gasteiger partial charge is 0.294 e. The summed E-state index contributed by atoms with van der Waals surface area (Å²) in [5.74, 6) is 0.0469. The second kappa shape index (κ2) is 4.11. The highest BCUT2D eigenvalue weighted by Gasteiger charge is 2.47. The third-order valence-corrected chi connectivity index (χ3v) is 3.52. The number of rotatable bonds is 4. The molecule has 0 aromatic rings. The van der Waals surface area contributed by atoms with Crippen LogP contribution in [0, 0.1) is 32.1 Å². The van der Waals surface area contributed by atoms with Crippen LogP contribution in [0.15, 0.2) is 0 Å². The standard InChI is InChI=1S/C8H12N2O6/c11-9(12)15-7-3-1-5-6(7)2-4-8(5)16-10(13)14/h5-8H,1-4H2/t5-,6-,7-,8+/m0/s1. The fourth-order valence-corrected chi connectivity index (χ4v) is 2.98. The Balaban J connectivity index is 1.95. The fourth-order valence-electron chi connectivity index (χ4n) is 2.98. The molecular weight excluding hydrogens is 220 g/mol. The van der Waals surface area contributed by atoms with Gasteiger partial charge in [0.2, 0.25) is 0 Å². The summed E-state index contributed by atoms with van der Waals surface area (Å²) in [6.07, 6.45) is 1.71. The van der Waals surface area contributed by atoms with Crippen LogP contribution in [-0.2, 0) is 9.68 Å². The molecule has 2 aliphatic carbocycles. The lowest BCUT2D eigenvalue weighted by Crippen LogP contribution is -2.25. The maximum atomic E-state index is 10.2. The second-order valence-electron chi connectivity index (χ2n) is 4.22. The van der Waals surface area contributed by atoms with Crippen LogP contribution in [0.25, 0.3) is 0 Å². The summed E-state index contributed by atoms with van der Waals surface area (Å²) < 4.78 is 0. The highest BCUT2D eigenvalue weighted by atomic mass is 17.0. The summed E-state index contributed by atoms with van der Waals surface area (Å²) >= 11 is 0. The zero-order valence-corrected chi connectivity index (χ0v) is 8.48. The van der Waals surface area contributed by atoms with Crippen LogP contribution >= 0.6 is 0 Å². The van der Waals surface area contributed by atoms with Gasteiger partial charge in [-0.3, -0.25) is 0 Å². The van der Waals surface area contributed by atoms with Gasteiger partial charge in [-0.25, -0.2) is 0 Å². The van der Waals surface area contributed by atoms with Gasteiger partial charge in [0, 0.05) is 0 Å². The lowest BCUT2D eigenvalue weighted by Gasteiger charge is -2.17. The average Bonchev–Trinajstić information content (AvgIpc) is 2.70. The van der Waals surface area contributed by atoms with E-state index in [1.807, 2.05) is 0 Å². The highest BCUT2D eigenvalue weighted by molar-refractivity contribution is 4.94. The Hall–Kier alpha value is -1.60. The summed E-state index contributed by atoms with van der Waals surface area (Å²) in [6.45, 7) is 0. The molecule has 0 bridgehead atoms. The molecule has 0 unspecified atom stereocenters. The SMILES string of the molecule is O=[N+]([O-])O[C@H]1CC[C@H]2[C@@H]1CC[C@H]2O[N+](=O)[O-]. The van der Waals surface area contributed by atoms with E-state index >= 15 is 0 Å². The molecule has 0 aliphatic heterocycles. The molecule has 0 heterocycles. The monoisotopic (exact) mass is 232 g/mol. The molecule has 16 heavy (non-hydrogen) atoms. The van der Waals surface area contributed by atoms with E-state index in [0.29, 0.717) is 25.7 Å². The van der Waals surface area contributed by atoms with Crippen LogP contribution in [0.4, 0.5) is 0 Å². The predicted octanol–water partition coefficient (Wildman–Crippen LogP) is 0.960. The van der Waals surface area contributed by atoms with Gasteiger partial charge in [0.25, 0.3) is 10.2 Å². The van der Waals surface area contributed by atoms with E-state index in [2.05, 4.69) is 9.68 Å². The first-order chi connectivity index (χ1) is 7.58. The van der Waals surface area contributed by atoms with Gasteiger partial charge in [-0.05, 0) is 37.5 Å². The molecule has 0 saturated heterocycles. The normalized spacial score (nSPS) is 36.8. The molecule has 0 aromatic carbocycles.